The minimum atomic E-state index is -0.378. The zero-order valence-electron chi connectivity index (χ0n) is 9.87. The number of hydrogen-bond donors (Lipinski definition) is 2. The molecular weight excluding hydrogens is 287 g/mol. The molecule has 0 bridgehead atoms. The normalized spacial score (nSPS) is 12.2. The van der Waals surface area contributed by atoms with Crippen molar-refractivity contribution in [3.8, 4) is 0 Å². The van der Waals surface area contributed by atoms with E-state index in [1.165, 1.54) is 6.07 Å². The van der Waals surface area contributed by atoms with E-state index in [9.17, 15) is 4.39 Å². The van der Waals surface area contributed by atoms with Crippen LogP contribution in [0.15, 0.2) is 16.7 Å². The van der Waals surface area contributed by atoms with Gasteiger partial charge < -0.3 is 10.6 Å². The number of halogens is 2. The fourth-order valence-electron chi connectivity index (χ4n) is 1.43. The van der Waals surface area contributed by atoms with E-state index < -0.39 is 0 Å². The molecule has 0 amide bonds. The van der Waals surface area contributed by atoms with Gasteiger partial charge in [0.05, 0.1) is 5.84 Å². The van der Waals surface area contributed by atoms with Crippen LogP contribution in [0.25, 0.3) is 0 Å². The van der Waals surface area contributed by atoms with Crippen LogP contribution in [0.3, 0.4) is 0 Å². The van der Waals surface area contributed by atoms with E-state index in [-0.39, 0.29) is 17.6 Å². The summed E-state index contributed by atoms with van der Waals surface area (Å²) in [6.07, 6.45) is 1.56. The standard InChI is InChI=1S/C11H16BrFN4/c1-3-17(6-7(2)10(14)15)11-9(13)4-8(12)5-16-11/h4-5,7H,3,6H2,1-2H3,(H3,14,15). The highest BCUT2D eigenvalue weighted by atomic mass is 79.9. The van der Waals surface area contributed by atoms with Crippen LogP contribution >= 0.6 is 15.9 Å². The number of hydrogen-bond acceptors (Lipinski definition) is 3. The van der Waals surface area contributed by atoms with E-state index >= 15 is 0 Å². The summed E-state index contributed by atoms with van der Waals surface area (Å²) in [5.41, 5.74) is 5.41. The number of nitrogens with two attached hydrogens (primary N) is 1. The molecule has 17 heavy (non-hydrogen) atoms. The number of aromatic nitrogens is 1. The molecule has 1 unspecified atom stereocenters. The first-order valence-electron chi connectivity index (χ1n) is 5.35. The summed E-state index contributed by atoms with van der Waals surface area (Å²) in [5.74, 6) is -0.110. The maximum Gasteiger partial charge on any atom is 0.166 e. The summed E-state index contributed by atoms with van der Waals surface area (Å²) in [6, 6.07) is 1.38. The smallest absolute Gasteiger partial charge is 0.166 e. The molecule has 0 aliphatic heterocycles. The second-order valence-electron chi connectivity index (χ2n) is 3.85. The summed E-state index contributed by atoms with van der Waals surface area (Å²) in [4.78, 5) is 5.83. The molecular formula is C11H16BrFN4. The molecule has 0 aromatic carbocycles. The number of rotatable bonds is 5. The van der Waals surface area contributed by atoms with Gasteiger partial charge in [-0.15, -0.1) is 0 Å². The molecule has 4 nitrogen and oxygen atoms in total. The van der Waals surface area contributed by atoms with Crippen molar-refractivity contribution in [1.82, 2.24) is 4.98 Å². The summed E-state index contributed by atoms with van der Waals surface area (Å²) < 4.78 is 14.3. The molecule has 1 heterocycles. The number of nitrogens with one attached hydrogen (secondary N) is 1. The van der Waals surface area contributed by atoms with Crippen LogP contribution < -0.4 is 10.6 Å². The van der Waals surface area contributed by atoms with Crippen molar-refractivity contribution >= 4 is 27.6 Å². The molecule has 0 saturated heterocycles. The van der Waals surface area contributed by atoms with Crippen LogP contribution in [0.5, 0.6) is 0 Å². The molecule has 94 valence electrons. The Balaban J connectivity index is 2.90. The van der Waals surface area contributed by atoms with Crippen molar-refractivity contribution in [2.45, 2.75) is 13.8 Å². The van der Waals surface area contributed by atoms with Crippen LogP contribution in [0, 0.1) is 17.1 Å². The van der Waals surface area contributed by atoms with E-state index in [2.05, 4.69) is 20.9 Å². The first kappa shape index (κ1) is 13.9. The third-order valence-electron chi connectivity index (χ3n) is 2.49. The average molecular weight is 303 g/mol. The van der Waals surface area contributed by atoms with E-state index in [0.717, 1.165) is 0 Å². The minimum absolute atomic E-state index is 0.0981. The van der Waals surface area contributed by atoms with Crippen molar-refractivity contribution in [3.63, 3.8) is 0 Å². The van der Waals surface area contributed by atoms with Gasteiger partial charge in [0.1, 0.15) is 0 Å². The van der Waals surface area contributed by atoms with Gasteiger partial charge in [0.2, 0.25) is 0 Å². The Labute approximate surface area is 109 Å². The maximum atomic E-state index is 13.7. The van der Waals surface area contributed by atoms with E-state index in [1.54, 1.807) is 11.1 Å². The Morgan fingerprint density at radius 3 is 2.82 bits per heavy atom. The zero-order valence-corrected chi connectivity index (χ0v) is 11.5. The van der Waals surface area contributed by atoms with Gasteiger partial charge in [-0.05, 0) is 28.9 Å². The Bertz CT molecular complexity index is 410. The predicted octanol–water partition coefficient (Wildman–Crippen LogP) is 2.38. The molecule has 0 radical (unpaired) electrons. The van der Waals surface area contributed by atoms with E-state index in [1.807, 2.05) is 13.8 Å². The quantitative estimate of drug-likeness (QED) is 0.648. The van der Waals surface area contributed by atoms with Crippen LogP contribution in [-0.2, 0) is 0 Å². The largest absolute Gasteiger partial charge is 0.387 e. The maximum absolute atomic E-state index is 13.7. The lowest BCUT2D eigenvalue weighted by molar-refractivity contribution is 0.599. The summed E-state index contributed by atoms with van der Waals surface area (Å²) in [6.45, 7) is 4.85. The number of anilines is 1. The fraction of sp³-hybridized carbons (Fsp3) is 0.455. The van der Waals surface area contributed by atoms with Gasteiger partial charge in [0.25, 0.3) is 0 Å². The Morgan fingerprint density at radius 1 is 1.71 bits per heavy atom. The lowest BCUT2D eigenvalue weighted by Crippen LogP contribution is -2.35. The highest BCUT2D eigenvalue weighted by Gasteiger charge is 2.16. The van der Waals surface area contributed by atoms with Crippen molar-refractivity contribution in [1.29, 1.82) is 5.41 Å². The summed E-state index contributed by atoms with van der Waals surface area (Å²) >= 11 is 3.17. The SMILES string of the molecule is CCN(CC(C)C(=N)N)c1ncc(Br)cc1F. The van der Waals surface area contributed by atoms with Gasteiger partial charge in [0, 0.05) is 29.7 Å². The monoisotopic (exact) mass is 302 g/mol. The molecule has 0 aliphatic carbocycles. The predicted molar refractivity (Wildman–Crippen MR) is 70.9 cm³/mol. The number of pyridine rings is 1. The minimum Gasteiger partial charge on any atom is -0.387 e. The molecule has 6 heteroatoms. The lowest BCUT2D eigenvalue weighted by atomic mass is 10.1. The van der Waals surface area contributed by atoms with Gasteiger partial charge in [-0.3, -0.25) is 5.41 Å². The van der Waals surface area contributed by atoms with Crippen molar-refractivity contribution in [2.75, 3.05) is 18.0 Å². The van der Waals surface area contributed by atoms with Gasteiger partial charge in [-0.2, -0.15) is 0 Å². The van der Waals surface area contributed by atoms with E-state index in [0.29, 0.717) is 23.4 Å². The fourth-order valence-corrected chi connectivity index (χ4v) is 1.74. The number of amidine groups is 1. The molecule has 3 N–H and O–H groups in total. The van der Waals surface area contributed by atoms with Gasteiger partial charge in [0.15, 0.2) is 11.6 Å². The van der Waals surface area contributed by atoms with Gasteiger partial charge in [-0.1, -0.05) is 6.92 Å². The van der Waals surface area contributed by atoms with Crippen molar-refractivity contribution < 1.29 is 4.39 Å². The van der Waals surface area contributed by atoms with Crippen LogP contribution in [0.4, 0.5) is 10.2 Å². The second kappa shape index (κ2) is 5.95. The highest BCUT2D eigenvalue weighted by molar-refractivity contribution is 9.10. The van der Waals surface area contributed by atoms with Crippen molar-refractivity contribution in [2.24, 2.45) is 11.7 Å². The molecule has 1 rings (SSSR count). The Hall–Kier alpha value is -1.17. The molecule has 1 aromatic rings. The summed E-state index contributed by atoms with van der Waals surface area (Å²) in [7, 11) is 0. The third kappa shape index (κ3) is 3.66. The highest BCUT2D eigenvalue weighted by Crippen LogP contribution is 2.20. The molecule has 1 aromatic heterocycles. The molecule has 0 spiro atoms. The number of nitrogens with zero attached hydrogens (tertiary/aromatic N) is 2. The van der Waals surface area contributed by atoms with E-state index in [4.69, 9.17) is 11.1 Å². The third-order valence-corrected chi connectivity index (χ3v) is 2.93. The first-order valence-corrected chi connectivity index (χ1v) is 6.14. The zero-order chi connectivity index (χ0) is 13.0. The topological polar surface area (TPSA) is 66.0 Å². The first-order chi connectivity index (χ1) is 7.95. The molecule has 0 fully saturated rings. The van der Waals surface area contributed by atoms with Crippen LogP contribution in [0.1, 0.15) is 13.8 Å². The van der Waals surface area contributed by atoms with Gasteiger partial charge >= 0.3 is 0 Å². The van der Waals surface area contributed by atoms with Gasteiger partial charge in [-0.25, -0.2) is 9.37 Å². The molecule has 0 aliphatic rings. The Morgan fingerprint density at radius 2 is 2.35 bits per heavy atom. The second-order valence-corrected chi connectivity index (χ2v) is 4.77. The molecule has 0 saturated carbocycles. The Kier molecular flexibility index (Phi) is 4.86. The van der Waals surface area contributed by atoms with Crippen LogP contribution in [0.2, 0.25) is 0 Å². The lowest BCUT2D eigenvalue weighted by Gasteiger charge is -2.25. The van der Waals surface area contributed by atoms with Crippen LogP contribution in [-0.4, -0.2) is 23.9 Å². The average Bonchev–Trinajstić information content (AvgIpc) is 2.26. The summed E-state index contributed by atoms with van der Waals surface area (Å²) in [5, 5.41) is 7.35. The van der Waals surface area contributed by atoms with Crippen molar-refractivity contribution in [3.05, 3.63) is 22.6 Å². The molecule has 1 atom stereocenters.